The first-order valence-corrected chi connectivity index (χ1v) is 7.29. The average molecular weight is 283 g/mol. The summed E-state index contributed by atoms with van der Waals surface area (Å²) in [5.41, 5.74) is 1.81. The van der Waals surface area contributed by atoms with Gasteiger partial charge in [-0.1, -0.05) is 42.5 Å². The fourth-order valence-electron chi connectivity index (χ4n) is 2.67. The fraction of sp³-hybridized carbons (Fsp3) is 0.278. The highest BCUT2D eigenvalue weighted by Gasteiger charge is 2.50. The van der Waals surface area contributed by atoms with E-state index in [0.717, 1.165) is 30.4 Å². The van der Waals surface area contributed by atoms with Crippen LogP contribution in [0.25, 0.3) is 0 Å². The third-order valence-electron chi connectivity index (χ3n) is 4.12. The van der Waals surface area contributed by atoms with E-state index in [4.69, 9.17) is 0 Å². The molecule has 3 rings (SSSR count). The van der Waals surface area contributed by atoms with Crippen LogP contribution in [0.1, 0.15) is 24.0 Å². The molecule has 0 atom stereocenters. The van der Waals surface area contributed by atoms with Gasteiger partial charge in [-0.05, 0) is 42.5 Å². The second-order valence-electron chi connectivity index (χ2n) is 5.58. The molecule has 1 fully saturated rings. The van der Waals surface area contributed by atoms with Crippen molar-refractivity contribution in [3.05, 3.63) is 71.5 Å². The predicted octanol–water partition coefficient (Wildman–Crippen LogP) is 3.22. The minimum atomic E-state index is -0.315. The van der Waals surface area contributed by atoms with Crippen LogP contribution in [-0.2, 0) is 16.6 Å². The summed E-state index contributed by atoms with van der Waals surface area (Å²) in [7, 11) is 0. The molecule has 2 aromatic rings. The van der Waals surface area contributed by atoms with Gasteiger partial charge in [0.2, 0.25) is 5.91 Å². The molecule has 1 aliphatic rings. The molecule has 1 amide bonds. The third-order valence-corrected chi connectivity index (χ3v) is 4.12. The van der Waals surface area contributed by atoms with E-state index in [1.54, 1.807) is 12.1 Å². The molecule has 0 aromatic heterocycles. The number of hydrogen-bond donors (Lipinski definition) is 1. The Hall–Kier alpha value is -2.16. The van der Waals surface area contributed by atoms with E-state index >= 15 is 0 Å². The zero-order valence-corrected chi connectivity index (χ0v) is 11.8. The summed E-state index contributed by atoms with van der Waals surface area (Å²) in [6, 6.07) is 16.4. The SMILES string of the molecule is O=C(NCCc1ccc(F)cc1)C1(c2ccccc2)CC1. The standard InChI is InChI=1S/C18H18FNO/c19-16-8-6-14(7-9-16)10-13-20-17(21)18(11-12-18)15-4-2-1-3-5-15/h1-9H,10-13H2,(H,20,21). The number of nitrogens with one attached hydrogen (secondary N) is 1. The van der Waals surface area contributed by atoms with Crippen molar-refractivity contribution < 1.29 is 9.18 Å². The zero-order chi connectivity index (χ0) is 14.7. The summed E-state index contributed by atoms with van der Waals surface area (Å²) >= 11 is 0. The topological polar surface area (TPSA) is 29.1 Å². The van der Waals surface area contributed by atoms with Crippen molar-refractivity contribution in [2.45, 2.75) is 24.7 Å². The maximum atomic E-state index is 12.8. The van der Waals surface area contributed by atoms with Crippen molar-refractivity contribution in [2.75, 3.05) is 6.54 Å². The summed E-state index contributed by atoms with van der Waals surface area (Å²) in [4.78, 5) is 12.4. The van der Waals surface area contributed by atoms with E-state index in [-0.39, 0.29) is 17.1 Å². The Morgan fingerprint density at radius 2 is 1.71 bits per heavy atom. The first-order valence-electron chi connectivity index (χ1n) is 7.29. The Morgan fingerprint density at radius 1 is 1.05 bits per heavy atom. The second-order valence-corrected chi connectivity index (χ2v) is 5.58. The monoisotopic (exact) mass is 283 g/mol. The Kier molecular flexibility index (Phi) is 3.74. The van der Waals surface area contributed by atoms with Gasteiger partial charge in [-0.25, -0.2) is 4.39 Å². The molecule has 1 saturated carbocycles. The van der Waals surface area contributed by atoms with Crippen molar-refractivity contribution in [1.29, 1.82) is 0 Å². The molecule has 2 nitrogen and oxygen atoms in total. The lowest BCUT2D eigenvalue weighted by Crippen LogP contribution is -2.35. The number of hydrogen-bond acceptors (Lipinski definition) is 1. The molecule has 0 radical (unpaired) electrons. The van der Waals surface area contributed by atoms with E-state index in [1.165, 1.54) is 12.1 Å². The highest BCUT2D eigenvalue weighted by Crippen LogP contribution is 2.48. The van der Waals surface area contributed by atoms with Gasteiger partial charge in [0.05, 0.1) is 5.41 Å². The number of amides is 1. The zero-order valence-electron chi connectivity index (χ0n) is 11.8. The number of rotatable bonds is 5. The van der Waals surface area contributed by atoms with Gasteiger partial charge < -0.3 is 5.32 Å². The maximum absolute atomic E-state index is 12.8. The molecule has 0 spiro atoms. The summed E-state index contributed by atoms with van der Waals surface area (Å²) in [5.74, 6) is -0.125. The number of carbonyl (C=O) groups excluding carboxylic acids is 1. The Morgan fingerprint density at radius 3 is 2.33 bits per heavy atom. The quantitative estimate of drug-likeness (QED) is 0.897. The summed E-state index contributed by atoms with van der Waals surface area (Å²) in [6.45, 7) is 0.582. The van der Waals surface area contributed by atoms with Gasteiger partial charge in [0.1, 0.15) is 5.82 Å². The van der Waals surface area contributed by atoms with Gasteiger partial charge >= 0.3 is 0 Å². The Balaban J connectivity index is 1.56. The minimum absolute atomic E-state index is 0.107. The van der Waals surface area contributed by atoms with Crippen molar-refractivity contribution in [2.24, 2.45) is 0 Å². The van der Waals surface area contributed by atoms with Gasteiger partial charge in [0.15, 0.2) is 0 Å². The molecule has 1 N–H and O–H groups in total. The van der Waals surface area contributed by atoms with E-state index in [2.05, 4.69) is 5.32 Å². The Bertz CT molecular complexity index is 617. The first kappa shape index (κ1) is 13.8. The molecule has 0 heterocycles. The fourth-order valence-corrected chi connectivity index (χ4v) is 2.67. The van der Waals surface area contributed by atoms with Crippen LogP contribution < -0.4 is 5.32 Å². The molecule has 3 heteroatoms. The second kappa shape index (κ2) is 5.68. The lowest BCUT2D eigenvalue weighted by Gasteiger charge is -2.15. The molecule has 0 saturated heterocycles. The maximum Gasteiger partial charge on any atom is 0.230 e. The molecule has 2 aromatic carbocycles. The van der Waals surface area contributed by atoms with Crippen molar-refractivity contribution in [3.63, 3.8) is 0 Å². The number of halogens is 1. The highest BCUT2D eigenvalue weighted by atomic mass is 19.1. The summed E-state index contributed by atoms with van der Waals surface area (Å²) in [5, 5.41) is 3.01. The van der Waals surface area contributed by atoms with Gasteiger partial charge in [0, 0.05) is 6.54 Å². The average Bonchev–Trinajstić information content (AvgIpc) is 3.32. The lowest BCUT2D eigenvalue weighted by molar-refractivity contribution is -0.123. The van der Waals surface area contributed by atoms with Crippen molar-refractivity contribution in [1.82, 2.24) is 5.32 Å². The molecule has 108 valence electrons. The van der Waals surface area contributed by atoms with E-state index in [9.17, 15) is 9.18 Å². The van der Waals surface area contributed by atoms with Crippen molar-refractivity contribution >= 4 is 5.91 Å². The van der Waals surface area contributed by atoms with Gasteiger partial charge in [-0.2, -0.15) is 0 Å². The molecule has 0 aliphatic heterocycles. The van der Waals surface area contributed by atoms with Crippen LogP contribution >= 0.6 is 0 Å². The van der Waals surface area contributed by atoms with Crippen LogP contribution in [0.5, 0.6) is 0 Å². The molecular formula is C18H18FNO. The minimum Gasteiger partial charge on any atom is -0.355 e. The number of benzene rings is 2. The summed E-state index contributed by atoms with van der Waals surface area (Å²) < 4.78 is 12.8. The summed E-state index contributed by atoms with van der Waals surface area (Å²) in [6.07, 6.45) is 2.55. The van der Waals surface area contributed by atoms with Gasteiger partial charge in [-0.15, -0.1) is 0 Å². The van der Waals surface area contributed by atoms with Crippen LogP contribution in [0.3, 0.4) is 0 Å². The van der Waals surface area contributed by atoms with Crippen molar-refractivity contribution in [3.8, 4) is 0 Å². The smallest absolute Gasteiger partial charge is 0.230 e. The van der Waals surface area contributed by atoms with Gasteiger partial charge in [0.25, 0.3) is 0 Å². The lowest BCUT2D eigenvalue weighted by atomic mass is 9.95. The number of carbonyl (C=O) groups is 1. The first-order chi connectivity index (χ1) is 10.2. The normalized spacial score (nSPS) is 15.5. The molecule has 0 bridgehead atoms. The third kappa shape index (κ3) is 2.97. The van der Waals surface area contributed by atoms with E-state index in [1.807, 2.05) is 30.3 Å². The molecular weight excluding hydrogens is 265 g/mol. The Labute approximate surface area is 124 Å². The van der Waals surface area contributed by atoms with Crippen LogP contribution in [0.15, 0.2) is 54.6 Å². The molecule has 1 aliphatic carbocycles. The van der Waals surface area contributed by atoms with E-state index in [0.29, 0.717) is 6.54 Å². The molecule has 0 unspecified atom stereocenters. The van der Waals surface area contributed by atoms with Crippen LogP contribution in [0.2, 0.25) is 0 Å². The highest BCUT2D eigenvalue weighted by molar-refractivity contribution is 5.91. The molecule has 21 heavy (non-hydrogen) atoms. The van der Waals surface area contributed by atoms with Crippen LogP contribution in [0.4, 0.5) is 4.39 Å². The predicted molar refractivity (Wildman–Crippen MR) is 80.5 cm³/mol. The van der Waals surface area contributed by atoms with Gasteiger partial charge in [-0.3, -0.25) is 4.79 Å². The largest absolute Gasteiger partial charge is 0.355 e. The van der Waals surface area contributed by atoms with E-state index < -0.39 is 0 Å². The van der Waals surface area contributed by atoms with Crippen LogP contribution in [0, 0.1) is 5.82 Å². The van der Waals surface area contributed by atoms with Crippen LogP contribution in [-0.4, -0.2) is 12.5 Å².